The van der Waals surface area contributed by atoms with E-state index in [0.29, 0.717) is 16.6 Å². The van der Waals surface area contributed by atoms with Gasteiger partial charge >= 0.3 is 0 Å². The Bertz CT molecular complexity index is 1660. The number of aryl methyl sites for hydroxylation is 1. The van der Waals surface area contributed by atoms with Gasteiger partial charge in [-0.25, -0.2) is 17.2 Å². The number of hydrogen-bond donors (Lipinski definition) is 2. The third-order valence-corrected chi connectivity index (χ3v) is 9.27. The van der Waals surface area contributed by atoms with Crippen LogP contribution in [0.3, 0.4) is 0 Å². The van der Waals surface area contributed by atoms with Crippen LogP contribution in [0.2, 0.25) is 0 Å². The number of nitrogens with zero attached hydrogens (tertiary/aromatic N) is 2. The summed E-state index contributed by atoms with van der Waals surface area (Å²) in [6, 6.07) is 14.7. The lowest BCUT2D eigenvalue weighted by atomic mass is 9.87. The highest BCUT2D eigenvalue weighted by Crippen LogP contribution is 2.41. The molecule has 2 atom stereocenters. The van der Waals surface area contributed by atoms with Crippen LogP contribution >= 0.6 is 12.2 Å². The van der Waals surface area contributed by atoms with Gasteiger partial charge in [-0.05, 0) is 61.3 Å². The molecule has 4 aromatic rings. The number of nitrogens with one attached hydrogen (secondary N) is 2. The number of hydrogen-bond acceptors (Lipinski definition) is 4. The fourth-order valence-corrected chi connectivity index (χ4v) is 6.94. The highest BCUT2D eigenvalue weighted by molar-refractivity contribution is 7.89. The van der Waals surface area contributed by atoms with E-state index in [2.05, 4.69) is 9.97 Å². The van der Waals surface area contributed by atoms with Crippen LogP contribution < -0.4 is 5.56 Å². The first-order chi connectivity index (χ1) is 17.7. The van der Waals surface area contributed by atoms with E-state index in [0.717, 1.165) is 11.1 Å². The van der Waals surface area contributed by atoms with Gasteiger partial charge in [-0.2, -0.15) is 4.31 Å². The van der Waals surface area contributed by atoms with E-state index in [1.807, 2.05) is 19.1 Å². The molecule has 2 N–H and O–H groups in total. The van der Waals surface area contributed by atoms with E-state index in [-0.39, 0.29) is 41.2 Å². The number of alkyl halides is 2. The summed E-state index contributed by atoms with van der Waals surface area (Å²) in [6.07, 6.45) is -0.833. The van der Waals surface area contributed by atoms with Gasteiger partial charge < -0.3 is 9.55 Å². The maximum Gasteiger partial charge on any atom is 0.276 e. The minimum absolute atomic E-state index is 0.00361. The number of fused-ring (bicyclic) bond motifs is 1. The predicted molar refractivity (Wildman–Crippen MR) is 140 cm³/mol. The van der Waals surface area contributed by atoms with Gasteiger partial charge in [0.1, 0.15) is 5.52 Å². The van der Waals surface area contributed by atoms with Crippen LogP contribution in [-0.2, 0) is 16.6 Å². The summed E-state index contributed by atoms with van der Waals surface area (Å²) in [6.45, 7) is 2.09. The number of H-pyrrole nitrogens is 2. The van der Waals surface area contributed by atoms with Crippen molar-refractivity contribution in [2.45, 2.75) is 43.7 Å². The number of rotatable bonds is 6. The quantitative estimate of drug-likeness (QED) is 0.329. The molecule has 37 heavy (non-hydrogen) atoms. The molecular formula is C26H26F2N4O3S2. The van der Waals surface area contributed by atoms with Crippen LogP contribution in [0.4, 0.5) is 8.78 Å². The molecule has 2 aromatic carbocycles. The van der Waals surface area contributed by atoms with Crippen LogP contribution in [-0.4, -0.2) is 40.2 Å². The molecule has 194 valence electrons. The van der Waals surface area contributed by atoms with E-state index < -0.39 is 28.4 Å². The Morgan fingerprint density at radius 3 is 2.57 bits per heavy atom. The number of benzene rings is 2. The maximum absolute atomic E-state index is 13.9. The normalized spacial score (nSPS) is 19.0. The Hall–Kier alpha value is -3.15. The van der Waals surface area contributed by atoms with Gasteiger partial charge in [0.25, 0.3) is 5.56 Å². The van der Waals surface area contributed by atoms with Gasteiger partial charge in [0, 0.05) is 18.7 Å². The molecule has 1 aliphatic rings. The van der Waals surface area contributed by atoms with Gasteiger partial charge in [0.2, 0.25) is 16.4 Å². The standard InChI is InChI=1S/C26H26F2N4O3S2/c1-16-6-8-19(9-7-16)37(34,35)32-13-11-17(24(27)28)14-22(32)20-5-3-2-4-18(20)15-31-21-10-12-29-23(21)25(33)30-26(31)36/h2-10,12,17,22,24,29H,11,13-15H2,1H3,(H,30,33,36). The average molecular weight is 545 g/mol. The predicted octanol–water partition coefficient (Wildman–Crippen LogP) is 5.15. The number of sulfonamides is 1. The molecule has 0 saturated carbocycles. The second-order valence-electron chi connectivity index (χ2n) is 9.35. The molecular weight excluding hydrogens is 518 g/mol. The largest absolute Gasteiger partial charge is 0.355 e. The molecule has 0 amide bonds. The summed E-state index contributed by atoms with van der Waals surface area (Å²) in [4.78, 5) is 18.0. The fourth-order valence-electron chi connectivity index (χ4n) is 5.05. The molecule has 1 fully saturated rings. The molecule has 2 unspecified atom stereocenters. The molecule has 1 aliphatic heterocycles. The first kappa shape index (κ1) is 25.5. The Morgan fingerprint density at radius 2 is 1.84 bits per heavy atom. The summed E-state index contributed by atoms with van der Waals surface area (Å²) in [7, 11) is -3.95. The van der Waals surface area contributed by atoms with Crippen LogP contribution in [0.15, 0.2) is 70.5 Å². The van der Waals surface area contributed by atoms with Crippen molar-refractivity contribution in [3.05, 3.63) is 92.6 Å². The summed E-state index contributed by atoms with van der Waals surface area (Å²) in [5, 5.41) is 0. The van der Waals surface area contributed by atoms with Crippen LogP contribution in [0, 0.1) is 17.6 Å². The van der Waals surface area contributed by atoms with Crippen LogP contribution in [0.5, 0.6) is 0 Å². The Kier molecular flexibility index (Phi) is 6.86. The number of aromatic nitrogens is 3. The van der Waals surface area contributed by atoms with Crippen molar-refractivity contribution < 1.29 is 17.2 Å². The van der Waals surface area contributed by atoms with Crippen LogP contribution in [0.1, 0.15) is 35.6 Å². The molecule has 0 radical (unpaired) electrons. The molecule has 2 aromatic heterocycles. The highest BCUT2D eigenvalue weighted by atomic mass is 32.2. The van der Waals surface area contributed by atoms with E-state index >= 15 is 0 Å². The minimum Gasteiger partial charge on any atom is -0.355 e. The summed E-state index contributed by atoms with van der Waals surface area (Å²) in [5.74, 6) is -0.922. The molecule has 0 aliphatic carbocycles. The third-order valence-electron chi connectivity index (χ3n) is 7.03. The Labute approximate surface area is 217 Å². The lowest BCUT2D eigenvalue weighted by Crippen LogP contribution is -2.42. The molecule has 5 rings (SSSR count). The van der Waals surface area contributed by atoms with Crippen molar-refractivity contribution in [3.8, 4) is 0 Å². The number of piperidine rings is 1. The van der Waals surface area contributed by atoms with Gasteiger partial charge in [-0.1, -0.05) is 42.0 Å². The molecule has 7 nitrogen and oxygen atoms in total. The SMILES string of the molecule is Cc1ccc(S(=O)(=O)N2CCC(C(F)F)CC2c2ccccc2Cn2c(=S)[nH]c(=O)c3[nH]ccc32)cc1. The third kappa shape index (κ3) is 4.78. The van der Waals surface area contributed by atoms with Gasteiger partial charge in [-0.3, -0.25) is 9.78 Å². The first-order valence-corrected chi connectivity index (χ1v) is 13.8. The lowest BCUT2D eigenvalue weighted by molar-refractivity contribution is 0.0323. The molecule has 0 bridgehead atoms. The molecule has 0 spiro atoms. The summed E-state index contributed by atoms with van der Waals surface area (Å²) >= 11 is 5.43. The zero-order valence-electron chi connectivity index (χ0n) is 20.0. The Morgan fingerprint density at radius 1 is 1.11 bits per heavy atom. The van der Waals surface area contributed by atoms with E-state index in [1.165, 1.54) is 4.31 Å². The fraction of sp³-hybridized carbons (Fsp3) is 0.308. The van der Waals surface area contributed by atoms with Gasteiger partial charge in [0.15, 0.2) is 4.77 Å². The van der Waals surface area contributed by atoms with Crippen LogP contribution in [0.25, 0.3) is 11.0 Å². The van der Waals surface area contributed by atoms with Crippen molar-refractivity contribution in [1.82, 2.24) is 18.8 Å². The second kappa shape index (κ2) is 9.96. The Balaban J connectivity index is 1.61. The van der Waals surface area contributed by atoms with Gasteiger partial charge in [-0.15, -0.1) is 0 Å². The summed E-state index contributed by atoms with van der Waals surface area (Å²) < 4.78 is 58.5. The molecule has 3 heterocycles. The van der Waals surface area contributed by atoms with E-state index in [1.54, 1.807) is 53.2 Å². The maximum atomic E-state index is 13.9. The first-order valence-electron chi connectivity index (χ1n) is 11.9. The van der Waals surface area contributed by atoms with Crippen molar-refractivity contribution in [1.29, 1.82) is 0 Å². The van der Waals surface area contributed by atoms with Crippen molar-refractivity contribution in [3.63, 3.8) is 0 Å². The van der Waals surface area contributed by atoms with Crippen molar-refractivity contribution in [2.24, 2.45) is 5.92 Å². The molecule has 11 heteroatoms. The number of halogens is 2. The summed E-state index contributed by atoms with van der Waals surface area (Å²) in [5.41, 5.74) is 2.92. The highest BCUT2D eigenvalue weighted by Gasteiger charge is 2.41. The average Bonchev–Trinajstić information content (AvgIpc) is 3.37. The number of aromatic amines is 2. The zero-order chi connectivity index (χ0) is 26.3. The lowest BCUT2D eigenvalue weighted by Gasteiger charge is -2.39. The zero-order valence-corrected chi connectivity index (χ0v) is 21.7. The van der Waals surface area contributed by atoms with Crippen molar-refractivity contribution >= 4 is 33.3 Å². The second-order valence-corrected chi connectivity index (χ2v) is 11.6. The smallest absolute Gasteiger partial charge is 0.276 e. The van der Waals surface area contributed by atoms with E-state index in [4.69, 9.17) is 12.2 Å². The van der Waals surface area contributed by atoms with Crippen molar-refractivity contribution in [2.75, 3.05) is 6.54 Å². The molecule has 1 saturated heterocycles. The monoisotopic (exact) mass is 544 g/mol. The van der Waals surface area contributed by atoms with E-state index in [9.17, 15) is 22.0 Å². The minimum atomic E-state index is -3.95. The topological polar surface area (TPSA) is 91.0 Å². The van der Waals surface area contributed by atoms with Gasteiger partial charge in [0.05, 0.1) is 23.0 Å².